The third-order valence-corrected chi connectivity index (χ3v) is 15.2. The Labute approximate surface area is 510 Å². The van der Waals surface area contributed by atoms with Crippen LogP contribution in [0.25, 0.3) is 11.1 Å². The molecule has 2 aromatic carbocycles. The Morgan fingerprint density at radius 3 is 1.90 bits per heavy atom. The first kappa shape index (κ1) is 73.4. The predicted molar refractivity (Wildman–Crippen MR) is 328 cm³/mol. The number of nitrogens with zero attached hydrogens (tertiary/aromatic N) is 2. The summed E-state index contributed by atoms with van der Waals surface area (Å²) in [6, 6.07) is 8.25. The molecule has 6 amide bonds. The van der Waals surface area contributed by atoms with E-state index in [1.807, 2.05) is 55.7 Å². The average molecular weight is 1240 g/mol. The maximum Gasteiger partial charge on any atom is 0.407 e. The highest BCUT2D eigenvalue weighted by Gasteiger charge is 2.39. The van der Waals surface area contributed by atoms with E-state index in [-0.39, 0.29) is 69.0 Å². The van der Waals surface area contributed by atoms with E-state index in [1.165, 1.54) is 4.90 Å². The van der Waals surface area contributed by atoms with E-state index in [4.69, 9.17) is 30.4 Å². The number of esters is 3. The summed E-state index contributed by atoms with van der Waals surface area (Å²) in [5.41, 5.74) is 9.14. The minimum absolute atomic E-state index is 0.0468. The highest BCUT2D eigenvalue weighted by atomic mass is 32.2. The molecule has 0 aliphatic rings. The number of amides is 6. The van der Waals surface area contributed by atoms with Crippen LogP contribution in [0.15, 0.2) is 60.8 Å². The van der Waals surface area contributed by atoms with Crippen LogP contribution < -0.4 is 32.7 Å². The maximum absolute atomic E-state index is 15.7. The molecule has 1 aromatic heterocycles. The van der Waals surface area contributed by atoms with Gasteiger partial charge in [0.15, 0.2) is 0 Å². The normalized spacial score (nSPS) is 13.8. The van der Waals surface area contributed by atoms with Gasteiger partial charge in [-0.2, -0.15) is 0 Å². The topological polar surface area (TPSA) is 299 Å². The van der Waals surface area contributed by atoms with Crippen LogP contribution in [0.2, 0.25) is 25.7 Å². The molecule has 3 rings (SSSR count). The van der Waals surface area contributed by atoms with Crippen molar-refractivity contribution in [2.24, 2.45) is 16.9 Å². The fourth-order valence-corrected chi connectivity index (χ4v) is 10.3. The van der Waals surface area contributed by atoms with E-state index in [0.717, 1.165) is 35.5 Å². The molecule has 0 aliphatic carbocycles. The summed E-state index contributed by atoms with van der Waals surface area (Å²) < 4.78 is 54.6. The summed E-state index contributed by atoms with van der Waals surface area (Å²) in [5.74, 6) is -7.96. The molecule has 478 valence electrons. The fraction of sp³-hybridized carbons (Fsp3) is 0.590. The molecule has 0 bridgehead atoms. The number of carbonyl (C=O) groups is 9. The number of nitrogens with one attached hydrogen (secondary N) is 4. The number of hydrogen-bond acceptors (Lipinski definition) is 15. The lowest BCUT2D eigenvalue weighted by Crippen LogP contribution is -2.52. The first-order chi connectivity index (χ1) is 39.6. The number of halogens is 2. The van der Waals surface area contributed by atoms with Crippen LogP contribution in [0, 0.1) is 17.0 Å². The van der Waals surface area contributed by atoms with Crippen molar-refractivity contribution in [2.75, 3.05) is 31.2 Å². The third kappa shape index (κ3) is 27.2. The molecule has 5 atom stereocenters. The largest absolute Gasteiger partial charge is 0.460 e. The van der Waals surface area contributed by atoms with Crippen molar-refractivity contribution in [3.8, 4) is 11.1 Å². The summed E-state index contributed by atoms with van der Waals surface area (Å²) in [7, 11) is -1.71. The van der Waals surface area contributed by atoms with Crippen molar-refractivity contribution >= 4 is 73.4 Å². The van der Waals surface area contributed by atoms with Gasteiger partial charge in [-0.05, 0) is 116 Å². The fourth-order valence-electron chi connectivity index (χ4n) is 8.62. The van der Waals surface area contributed by atoms with Crippen molar-refractivity contribution in [1.82, 2.24) is 30.7 Å². The first-order valence-electron chi connectivity index (χ1n) is 28.7. The number of nitrogens with two attached hydrogens (primary N) is 2. The van der Waals surface area contributed by atoms with E-state index in [2.05, 4.69) is 40.9 Å². The molecule has 0 fully saturated rings. The summed E-state index contributed by atoms with van der Waals surface area (Å²) >= 11 is 0.953. The van der Waals surface area contributed by atoms with Crippen molar-refractivity contribution in [2.45, 2.75) is 194 Å². The SMILES string of the molecule is CC(C)(C)OC(=O)CC[C@@H](NC(=O)CCNC(=O)[C@H](CCN(C(=O)CSC[C@H](NC(=O)[C@@H](N)CC(N)=O)C(=O)OC(C)(C)C)[C@@H](c1cc(-c2cc(F)ccc2F)cn1Cc1ccccc1)C(C)(C)C)NC(=O)OCC[Si](C)(C)C)C(=O)OC(C)(C)C. The molecule has 21 nitrogen and oxygen atoms in total. The number of aromatic nitrogens is 1. The van der Waals surface area contributed by atoms with E-state index in [0.29, 0.717) is 17.3 Å². The second kappa shape index (κ2) is 32.2. The maximum atomic E-state index is 15.7. The molecule has 0 aliphatic heterocycles. The number of alkyl carbamates (subject to hydrolysis) is 1. The van der Waals surface area contributed by atoms with E-state index >= 15 is 9.18 Å². The van der Waals surface area contributed by atoms with Crippen LogP contribution in [0.5, 0.6) is 0 Å². The van der Waals surface area contributed by atoms with Gasteiger partial charge in [0.25, 0.3) is 0 Å². The number of primary amides is 1. The Morgan fingerprint density at radius 2 is 1.33 bits per heavy atom. The van der Waals surface area contributed by atoms with Gasteiger partial charge < -0.3 is 61.1 Å². The molecular weight excluding hydrogens is 1150 g/mol. The predicted octanol–water partition coefficient (Wildman–Crippen LogP) is 7.44. The summed E-state index contributed by atoms with van der Waals surface area (Å²) in [6.07, 6.45) is -0.799. The first-order valence-corrected chi connectivity index (χ1v) is 33.6. The van der Waals surface area contributed by atoms with Crippen molar-refractivity contribution in [3.63, 3.8) is 0 Å². The highest BCUT2D eigenvalue weighted by Crippen LogP contribution is 2.42. The zero-order chi connectivity index (χ0) is 65.1. The van der Waals surface area contributed by atoms with Gasteiger partial charge in [-0.25, -0.2) is 23.2 Å². The van der Waals surface area contributed by atoms with Gasteiger partial charge in [-0.15, -0.1) is 11.8 Å². The number of benzene rings is 2. The van der Waals surface area contributed by atoms with E-state index in [9.17, 15) is 42.7 Å². The molecule has 0 radical (unpaired) electrons. The third-order valence-electron chi connectivity index (χ3n) is 12.5. The lowest BCUT2D eigenvalue weighted by molar-refractivity contribution is -0.160. The van der Waals surface area contributed by atoms with Gasteiger partial charge in [-0.3, -0.25) is 28.8 Å². The highest BCUT2D eigenvalue weighted by molar-refractivity contribution is 8.00. The Morgan fingerprint density at radius 1 is 0.721 bits per heavy atom. The molecule has 0 spiro atoms. The minimum Gasteiger partial charge on any atom is -0.460 e. The second-order valence-electron chi connectivity index (χ2n) is 26.4. The summed E-state index contributed by atoms with van der Waals surface area (Å²) in [6.45, 7) is 26.5. The number of carbonyl (C=O) groups excluding carboxylic acids is 9. The van der Waals surface area contributed by atoms with Crippen molar-refractivity contribution in [3.05, 3.63) is 83.7 Å². The molecule has 3 aromatic rings. The van der Waals surface area contributed by atoms with Crippen LogP contribution in [-0.2, 0) is 63.8 Å². The lowest BCUT2D eigenvalue weighted by Gasteiger charge is -2.41. The Kier molecular flexibility index (Phi) is 27.5. The Balaban J connectivity index is 2.16. The molecule has 25 heteroatoms. The van der Waals surface area contributed by atoms with Gasteiger partial charge in [0, 0.05) is 69.3 Å². The standard InChI is InChI=1S/C61H92F2N8O13SSi/c1-58(2,3)52(47-31-39(41-32-40(62)21-22-42(41)63)35-70(47)34-38-19-17-16-18-20-38)71(50(74)37-85-36-46(56(79)84-61(10,11)12)68-53(76)43(64)33-48(65)72)28-26-44(69-57(80)81-29-30-86(13,14)15)54(77)66-27-25-49(73)67-45(55(78)83-60(7,8)9)23-24-51(75)82-59(4,5)6/h16-22,31-32,35,43-46,52H,23-30,33-34,36-37,64H2,1-15H3,(H2,65,72)(H,66,77)(H,67,73)(H,68,76)(H,69,80)/t43-,44-,45+,46-,52-/m0/s1. The number of rotatable bonds is 30. The van der Waals surface area contributed by atoms with Crippen LogP contribution in [-0.4, -0.2) is 143 Å². The Bertz CT molecular complexity index is 2820. The summed E-state index contributed by atoms with van der Waals surface area (Å²) in [4.78, 5) is 123. The zero-order valence-electron chi connectivity index (χ0n) is 52.7. The lowest BCUT2D eigenvalue weighted by atomic mass is 9.82. The molecule has 86 heavy (non-hydrogen) atoms. The van der Waals surface area contributed by atoms with Crippen molar-refractivity contribution < 1.29 is 70.9 Å². The average Bonchev–Trinajstić information content (AvgIpc) is 1.73. The smallest absolute Gasteiger partial charge is 0.407 e. The minimum atomic E-state index is -1.71. The number of ether oxygens (including phenoxy) is 4. The summed E-state index contributed by atoms with van der Waals surface area (Å²) in [5, 5.41) is 10.5. The number of thioether (sulfide) groups is 1. The Hall–Kier alpha value is -6.86. The van der Waals surface area contributed by atoms with Gasteiger partial charge >= 0.3 is 24.0 Å². The van der Waals surface area contributed by atoms with Gasteiger partial charge in [-0.1, -0.05) is 70.7 Å². The second-order valence-corrected chi connectivity index (χ2v) is 33.0. The van der Waals surface area contributed by atoms with Crippen LogP contribution >= 0.6 is 11.8 Å². The quantitative estimate of drug-likeness (QED) is 0.0215. The van der Waals surface area contributed by atoms with Crippen LogP contribution in [0.3, 0.4) is 0 Å². The van der Waals surface area contributed by atoms with Crippen molar-refractivity contribution in [1.29, 1.82) is 0 Å². The van der Waals surface area contributed by atoms with Gasteiger partial charge in [0.1, 0.15) is 46.6 Å². The van der Waals surface area contributed by atoms with Crippen LogP contribution in [0.4, 0.5) is 13.6 Å². The number of hydrogen-bond donors (Lipinski definition) is 6. The monoisotopic (exact) mass is 1240 g/mol. The molecular formula is C61H92F2N8O13SSi. The molecule has 0 unspecified atom stereocenters. The van der Waals surface area contributed by atoms with Gasteiger partial charge in [0.2, 0.25) is 29.5 Å². The zero-order valence-corrected chi connectivity index (χ0v) is 54.5. The van der Waals surface area contributed by atoms with E-state index in [1.54, 1.807) is 74.6 Å². The van der Waals surface area contributed by atoms with Crippen LogP contribution in [0.1, 0.15) is 132 Å². The molecule has 0 saturated heterocycles. The molecule has 0 saturated carbocycles. The molecule has 1 heterocycles. The van der Waals surface area contributed by atoms with E-state index < -0.39 is 132 Å². The van der Waals surface area contributed by atoms with Gasteiger partial charge in [0.05, 0.1) is 30.9 Å². The molecule has 8 N–H and O–H groups in total.